The van der Waals surface area contributed by atoms with E-state index >= 15 is 0 Å². The first kappa shape index (κ1) is 20.6. The third kappa shape index (κ3) is 4.23. The molecule has 3 aromatic rings. The molecule has 5 rings (SSSR count). The minimum absolute atomic E-state index is 0.181. The van der Waals surface area contributed by atoms with Crippen LogP contribution in [0.5, 0.6) is 11.5 Å². The third-order valence-corrected chi connectivity index (χ3v) is 5.50. The van der Waals surface area contributed by atoms with Crippen LogP contribution in [0.1, 0.15) is 31.8 Å². The SMILES string of the molecule is O=C1O[C@H](C(=O)Nc2ccccc2C(=O)NCc2ccc3c(c2)OCO3)Cc2ccccc21. The summed E-state index contributed by atoms with van der Waals surface area (Å²) in [4.78, 5) is 37.9. The summed E-state index contributed by atoms with van der Waals surface area (Å²) >= 11 is 0. The monoisotopic (exact) mass is 444 g/mol. The Balaban J connectivity index is 1.26. The number of hydrogen-bond donors (Lipinski definition) is 2. The molecule has 0 unspecified atom stereocenters. The topological polar surface area (TPSA) is 103 Å². The maximum Gasteiger partial charge on any atom is 0.339 e. The van der Waals surface area contributed by atoms with Crippen LogP contribution in [0.15, 0.2) is 66.7 Å². The number of amides is 2. The maximum atomic E-state index is 12.8. The lowest BCUT2D eigenvalue weighted by atomic mass is 9.98. The van der Waals surface area contributed by atoms with Crippen molar-refractivity contribution in [2.45, 2.75) is 19.1 Å². The molecule has 0 radical (unpaired) electrons. The van der Waals surface area contributed by atoms with Gasteiger partial charge in [-0.15, -0.1) is 0 Å². The number of esters is 1. The average Bonchev–Trinajstić information content (AvgIpc) is 3.31. The second-order valence-electron chi connectivity index (χ2n) is 7.66. The van der Waals surface area contributed by atoms with Crippen molar-refractivity contribution in [2.75, 3.05) is 12.1 Å². The fourth-order valence-corrected chi connectivity index (χ4v) is 3.81. The van der Waals surface area contributed by atoms with Crippen LogP contribution < -0.4 is 20.1 Å². The Morgan fingerprint density at radius 3 is 2.64 bits per heavy atom. The van der Waals surface area contributed by atoms with Gasteiger partial charge in [0.2, 0.25) is 6.79 Å². The highest BCUT2D eigenvalue weighted by molar-refractivity contribution is 6.05. The van der Waals surface area contributed by atoms with Crippen LogP contribution in [-0.4, -0.2) is 30.7 Å². The van der Waals surface area contributed by atoms with Crippen molar-refractivity contribution in [3.8, 4) is 11.5 Å². The molecule has 8 nitrogen and oxygen atoms in total. The lowest BCUT2D eigenvalue weighted by Gasteiger charge is -2.24. The van der Waals surface area contributed by atoms with Gasteiger partial charge in [-0.25, -0.2) is 4.79 Å². The smallest absolute Gasteiger partial charge is 0.339 e. The Bertz CT molecular complexity index is 1260. The van der Waals surface area contributed by atoms with E-state index in [1.54, 1.807) is 48.5 Å². The zero-order valence-corrected chi connectivity index (χ0v) is 17.5. The molecule has 2 aliphatic heterocycles. The third-order valence-electron chi connectivity index (χ3n) is 5.50. The van der Waals surface area contributed by atoms with Crippen molar-refractivity contribution in [3.05, 3.63) is 89.0 Å². The number of carbonyl (C=O) groups excluding carboxylic acids is 3. The van der Waals surface area contributed by atoms with Crippen molar-refractivity contribution in [1.82, 2.24) is 5.32 Å². The fourth-order valence-electron chi connectivity index (χ4n) is 3.81. The quantitative estimate of drug-likeness (QED) is 0.587. The number of carbonyl (C=O) groups is 3. The summed E-state index contributed by atoms with van der Waals surface area (Å²) in [5, 5.41) is 5.58. The predicted molar refractivity (Wildman–Crippen MR) is 118 cm³/mol. The molecule has 1 atom stereocenters. The van der Waals surface area contributed by atoms with Gasteiger partial charge < -0.3 is 24.8 Å². The van der Waals surface area contributed by atoms with Crippen molar-refractivity contribution in [3.63, 3.8) is 0 Å². The highest BCUT2D eigenvalue weighted by Gasteiger charge is 2.31. The number of para-hydroxylation sites is 1. The maximum absolute atomic E-state index is 12.8. The number of ether oxygens (including phenoxy) is 3. The Kier molecular flexibility index (Phi) is 5.40. The number of benzene rings is 3. The second-order valence-corrected chi connectivity index (χ2v) is 7.66. The van der Waals surface area contributed by atoms with E-state index in [4.69, 9.17) is 14.2 Å². The van der Waals surface area contributed by atoms with Gasteiger partial charge in [0.05, 0.1) is 16.8 Å². The van der Waals surface area contributed by atoms with Gasteiger partial charge >= 0.3 is 5.97 Å². The number of nitrogens with one attached hydrogen (secondary N) is 2. The summed E-state index contributed by atoms with van der Waals surface area (Å²) in [6.07, 6.45) is -0.705. The van der Waals surface area contributed by atoms with Gasteiger partial charge in [-0.2, -0.15) is 0 Å². The largest absolute Gasteiger partial charge is 0.454 e. The Labute approximate surface area is 189 Å². The summed E-state index contributed by atoms with van der Waals surface area (Å²) in [6, 6.07) is 19.2. The Morgan fingerprint density at radius 1 is 0.939 bits per heavy atom. The molecule has 2 N–H and O–H groups in total. The van der Waals surface area contributed by atoms with Crippen LogP contribution in [0.3, 0.4) is 0 Å². The molecular weight excluding hydrogens is 424 g/mol. The molecule has 0 fully saturated rings. The van der Waals surface area contributed by atoms with Gasteiger partial charge in [0.15, 0.2) is 17.6 Å². The molecule has 0 aromatic heterocycles. The molecule has 2 amide bonds. The van der Waals surface area contributed by atoms with E-state index in [0.29, 0.717) is 28.3 Å². The number of fused-ring (bicyclic) bond motifs is 2. The van der Waals surface area contributed by atoms with Crippen molar-refractivity contribution < 1.29 is 28.6 Å². The number of cyclic esters (lactones) is 1. The first-order valence-electron chi connectivity index (χ1n) is 10.4. The highest BCUT2D eigenvalue weighted by atomic mass is 16.7. The van der Waals surface area contributed by atoms with Gasteiger partial charge in [-0.05, 0) is 41.5 Å². The van der Waals surface area contributed by atoms with E-state index in [0.717, 1.165) is 11.1 Å². The van der Waals surface area contributed by atoms with Crippen molar-refractivity contribution >= 4 is 23.5 Å². The average molecular weight is 444 g/mol. The van der Waals surface area contributed by atoms with Gasteiger partial charge in [0, 0.05) is 13.0 Å². The normalized spacial score (nSPS) is 15.9. The van der Waals surface area contributed by atoms with E-state index in [9.17, 15) is 14.4 Å². The number of hydrogen-bond acceptors (Lipinski definition) is 6. The van der Waals surface area contributed by atoms with Crippen molar-refractivity contribution in [2.24, 2.45) is 0 Å². The van der Waals surface area contributed by atoms with E-state index in [2.05, 4.69) is 10.6 Å². The van der Waals surface area contributed by atoms with Crippen LogP contribution in [0.2, 0.25) is 0 Å². The van der Waals surface area contributed by atoms with Crippen LogP contribution in [0, 0.1) is 0 Å². The van der Waals surface area contributed by atoms with Gasteiger partial charge in [-0.1, -0.05) is 36.4 Å². The summed E-state index contributed by atoms with van der Waals surface area (Å²) in [7, 11) is 0. The molecule has 3 aromatic carbocycles. The van der Waals surface area contributed by atoms with Crippen LogP contribution in [0.25, 0.3) is 0 Å². The fraction of sp³-hybridized carbons (Fsp3) is 0.160. The first-order valence-corrected chi connectivity index (χ1v) is 10.4. The zero-order valence-electron chi connectivity index (χ0n) is 17.5. The lowest BCUT2D eigenvalue weighted by Crippen LogP contribution is -2.38. The molecule has 166 valence electrons. The Morgan fingerprint density at radius 2 is 1.73 bits per heavy atom. The molecule has 0 bridgehead atoms. The van der Waals surface area contributed by atoms with Crippen LogP contribution >= 0.6 is 0 Å². The zero-order chi connectivity index (χ0) is 22.8. The van der Waals surface area contributed by atoms with E-state index in [1.165, 1.54) is 0 Å². The molecule has 8 heteroatoms. The minimum atomic E-state index is -0.975. The van der Waals surface area contributed by atoms with E-state index < -0.39 is 18.0 Å². The highest BCUT2D eigenvalue weighted by Crippen LogP contribution is 2.32. The van der Waals surface area contributed by atoms with Gasteiger partial charge in [0.25, 0.3) is 11.8 Å². The van der Waals surface area contributed by atoms with Gasteiger partial charge in [-0.3, -0.25) is 9.59 Å². The summed E-state index contributed by atoms with van der Waals surface area (Å²) in [5.74, 6) is -0.0719. The standard InChI is InChI=1S/C25H20N2O6/c28-23(26-13-15-9-10-20-21(11-15)32-14-31-20)18-7-3-4-8-19(18)27-24(29)22-12-16-5-1-2-6-17(16)25(30)33-22/h1-11,22H,12-14H2,(H,26,28)(H,27,29)/t22-/m0/s1. The molecule has 33 heavy (non-hydrogen) atoms. The molecule has 0 saturated heterocycles. The second kappa shape index (κ2) is 8.66. The van der Waals surface area contributed by atoms with Crippen LogP contribution in [-0.2, 0) is 22.5 Å². The molecule has 2 heterocycles. The van der Waals surface area contributed by atoms with Gasteiger partial charge in [0.1, 0.15) is 0 Å². The molecule has 0 aliphatic carbocycles. The lowest BCUT2D eigenvalue weighted by molar-refractivity contribution is -0.125. The molecular formula is C25H20N2O6. The number of rotatable bonds is 5. The summed E-state index contributed by atoms with van der Waals surface area (Å²) < 4.78 is 16.0. The molecule has 0 spiro atoms. The van der Waals surface area contributed by atoms with Crippen molar-refractivity contribution in [1.29, 1.82) is 0 Å². The predicted octanol–water partition coefficient (Wildman–Crippen LogP) is 3.07. The first-order chi connectivity index (χ1) is 16.1. The molecule has 0 saturated carbocycles. The van der Waals surface area contributed by atoms with E-state index in [-0.39, 0.29) is 25.7 Å². The van der Waals surface area contributed by atoms with Crippen LogP contribution in [0.4, 0.5) is 5.69 Å². The summed E-state index contributed by atoms with van der Waals surface area (Å²) in [6.45, 7) is 0.453. The molecule has 2 aliphatic rings. The van der Waals surface area contributed by atoms with E-state index in [1.807, 2.05) is 18.2 Å². The minimum Gasteiger partial charge on any atom is -0.454 e. The number of anilines is 1. The Hall–Kier alpha value is -4.33. The summed E-state index contributed by atoms with van der Waals surface area (Å²) in [5.41, 5.74) is 2.70.